The van der Waals surface area contributed by atoms with Crippen molar-refractivity contribution < 1.29 is 24.7 Å². The number of amides is 2. The Hall–Kier alpha value is -2.71. The summed E-state index contributed by atoms with van der Waals surface area (Å²) in [6.07, 6.45) is 0.785. The molecule has 0 saturated heterocycles. The molecule has 1 rings (SSSR count). The normalized spacial score (nSPS) is 13.4. The zero-order chi connectivity index (χ0) is 23.6. The number of aryl methyl sites for hydroxylation is 1. The van der Waals surface area contributed by atoms with Gasteiger partial charge in [-0.25, -0.2) is 15.1 Å². The number of thiophene rings is 1. The van der Waals surface area contributed by atoms with Gasteiger partial charge >= 0.3 is 7.12 Å². The Morgan fingerprint density at radius 2 is 2.00 bits per heavy atom. The Kier molecular flexibility index (Phi) is 10.9. The molecule has 0 fully saturated rings. The number of hydrogen-bond donors (Lipinski definition) is 6. The molecule has 0 spiro atoms. The maximum atomic E-state index is 12.8. The van der Waals surface area contributed by atoms with E-state index in [0.717, 1.165) is 4.88 Å². The number of guanidine groups is 1. The van der Waals surface area contributed by atoms with Crippen LogP contribution in [0.25, 0.3) is 0 Å². The monoisotopic (exact) mass is 456 g/mol. The number of hydrogen-bond acceptors (Lipinski definition) is 8. The minimum Gasteiger partial charge on any atom is -0.426 e. The quantitative estimate of drug-likeness (QED) is 0.0609. The number of aliphatic imine (C=N–C) groups is 1. The third-order valence-electron chi connectivity index (χ3n) is 4.14. The molecule has 31 heavy (non-hydrogen) atoms. The Labute approximate surface area is 184 Å². The van der Waals surface area contributed by atoms with Gasteiger partial charge in [0.25, 0.3) is 11.9 Å². The van der Waals surface area contributed by atoms with Crippen LogP contribution in [0.4, 0.5) is 0 Å². The highest BCUT2D eigenvalue weighted by atomic mass is 32.1. The average Bonchev–Trinajstić information content (AvgIpc) is 3.08. The van der Waals surface area contributed by atoms with Gasteiger partial charge in [0.05, 0.1) is 10.8 Å². The first-order chi connectivity index (χ1) is 14.5. The van der Waals surface area contributed by atoms with Crippen LogP contribution in [0.2, 0.25) is 0 Å². The molecule has 14 heteroatoms. The van der Waals surface area contributed by atoms with Crippen molar-refractivity contribution in [1.29, 1.82) is 0 Å². The van der Waals surface area contributed by atoms with E-state index < -0.39 is 35.9 Å². The van der Waals surface area contributed by atoms with Crippen LogP contribution in [0.3, 0.4) is 0 Å². The molecule has 0 aliphatic rings. The Morgan fingerprint density at radius 1 is 1.32 bits per heavy atom. The predicted molar refractivity (Wildman–Crippen MR) is 118 cm³/mol. The standard InChI is InChI=1S/C17H29BN6O6S/c1-10(2)9-14(18(27)28)22-15(25)12(5-4-8-20-17(19)23-24(29)30)21-16(26)13-7-6-11(3)31-13/h6-7,10,12,14,27-28H,4-5,8-9H2,1-3H3,(H,21,26)(H,22,25)(H3,19,20,23)/t12-,14-/m0/s1. The van der Waals surface area contributed by atoms with Crippen LogP contribution in [-0.2, 0) is 4.79 Å². The molecule has 12 nitrogen and oxygen atoms in total. The largest absolute Gasteiger partial charge is 0.475 e. The third kappa shape index (κ3) is 10.2. The molecule has 2 amide bonds. The fourth-order valence-corrected chi connectivity index (χ4v) is 3.50. The van der Waals surface area contributed by atoms with Crippen LogP contribution < -0.4 is 21.8 Å². The molecule has 0 radical (unpaired) electrons. The summed E-state index contributed by atoms with van der Waals surface area (Å²) in [5.41, 5.74) is 7.06. The van der Waals surface area contributed by atoms with E-state index in [1.54, 1.807) is 17.6 Å². The van der Waals surface area contributed by atoms with Crippen molar-refractivity contribution in [3.05, 3.63) is 32.0 Å². The van der Waals surface area contributed by atoms with Crippen LogP contribution in [0.5, 0.6) is 0 Å². The SMILES string of the molecule is Cc1ccc(C(=O)N[C@@H](CCCN=C(N)N[N+](=O)[O-])C(=O)N[C@@H](CC(C)C)B(O)O)s1. The second kappa shape index (κ2) is 12.9. The number of nitrogens with zero attached hydrogens (tertiary/aromatic N) is 2. The molecule has 172 valence electrons. The second-order valence-electron chi connectivity index (χ2n) is 7.37. The van der Waals surface area contributed by atoms with Crippen molar-refractivity contribution >= 4 is 36.2 Å². The molecule has 0 unspecified atom stereocenters. The summed E-state index contributed by atoms with van der Waals surface area (Å²) in [7, 11) is -1.75. The summed E-state index contributed by atoms with van der Waals surface area (Å²) in [4.78, 5) is 40.8. The van der Waals surface area contributed by atoms with E-state index in [1.807, 2.05) is 20.8 Å². The molecule has 0 saturated carbocycles. The van der Waals surface area contributed by atoms with Crippen molar-refractivity contribution in [1.82, 2.24) is 16.1 Å². The Morgan fingerprint density at radius 3 is 2.52 bits per heavy atom. The number of nitrogens with one attached hydrogen (secondary N) is 3. The highest BCUT2D eigenvalue weighted by Gasteiger charge is 2.30. The van der Waals surface area contributed by atoms with Gasteiger partial charge in [0.2, 0.25) is 5.91 Å². The van der Waals surface area contributed by atoms with Crippen LogP contribution in [0.1, 0.15) is 47.7 Å². The lowest BCUT2D eigenvalue weighted by Gasteiger charge is -2.24. The molecule has 0 aliphatic carbocycles. The molecule has 1 aromatic heterocycles. The minimum absolute atomic E-state index is 0.0858. The zero-order valence-corrected chi connectivity index (χ0v) is 18.5. The Balaban J connectivity index is 2.83. The van der Waals surface area contributed by atoms with Gasteiger partial charge in [-0.1, -0.05) is 19.3 Å². The molecule has 0 aromatic carbocycles. The van der Waals surface area contributed by atoms with E-state index in [2.05, 4.69) is 15.6 Å². The minimum atomic E-state index is -1.75. The van der Waals surface area contributed by atoms with Crippen LogP contribution in [0.15, 0.2) is 17.1 Å². The van der Waals surface area contributed by atoms with Gasteiger partial charge in [-0.3, -0.25) is 9.59 Å². The van der Waals surface area contributed by atoms with Gasteiger partial charge in [0.15, 0.2) is 5.03 Å². The molecular weight excluding hydrogens is 427 g/mol. The molecule has 2 atom stereocenters. The fraction of sp³-hybridized carbons (Fsp3) is 0.588. The van der Waals surface area contributed by atoms with Crippen molar-refractivity contribution in [2.75, 3.05) is 6.54 Å². The molecule has 7 N–H and O–H groups in total. The van der Waals surface area contributed by atoms with Crippen molar-refractivity contribution in [3.8, 4) is 0 Å². The highest BCUT2D eigenvalue weighted by molar-refractivity contribution is 7.13. The topological polar surface area (TPSA) is 192 Å². The molecule has 1 heterocycles. The first-order valence-corrected chi connectivity index (χ1v) is 10.6. The number of carbonyl (C=O) groups excluding carboxylic acids is 2. The van der Waals surface area contributed by atoms with Crippen LogP contribution in [-0.4, -0.2) is 58.5 Å². The zero-order valence-electron chi connectivity index (χ0n) is 17.7. The van der Waals surface area contributed by atoms with Crippen molar-refractivity contribution in [3.63, 3.8) is 0 Å². The summed E-state index contributed by atoms with van der Waals surface area (Å²) in [6, 6.07) is 2.47. The van der Waals surface area contributed by atoms with E-state index in [1.165, 1.54) is 11.3 Å². The first-order valence-electron chi connectivity index (χ1n) is 9.74. The lowest BCUT2D eigenvalue weighted by molar-refractivity contribution is -0.525. The van der Waals surface area contributed by atoms with Crippen molar-refractivity contribution in [2.24, 2.45) is 16.6 Å². The maximum Gasteiger partial charge on any atom is 0.475 e. The summed E-state index contributed by atoms with van der Waals surface area (Å²) in [5.74, 6) is -2.17. The van der Waals surface area contributed by atoms with Gasteiger partial charge in [-0.05, 0) is 44.2 Å². The summed E-state index contributed by atoms with van der Waals surface area (Å²) in [5, 5.41) is 33.8. The predicted octanol–water partition coefficient (Wildman–Crippen LogP) is -0.426. The van der Waals surface area contributed by atoms with Crippen LogP contribution in [0, 0.1) is 23.0 Å². The number of hydrazine groups is 1. The maximum absolute atomic E-state index is 12.8. The smallest absolute Gasteiger partial charge is 0.426 e. The number of nitro groups is 1. The summed E-state index contributed by atoms with van der Waals surface area (Å²) < 4.78 is 0. The number of nitrogens with two attached hydrogens (primary N) is 1. The van der Waals surface area contributed by atoms with Gasteiger partial charge in [0, 0.05) is 11.4 Å². The average molecular weight is 456 g/mol. The number of rotatable bonds is 12. The van der Waals surface area contributed by atoms with Gasteiger partial charge in [0.1, 0.15) is 6.04 Å². The van der Waals surface area contributed by atoms with E-state index in [-0.39, 0.29) is 24.8 Å². The highest BCUT2D eigenvalue weighted by Crippen LogP contribution is 2.15. The van der Waals surface area contributed by atoms with E-state index in [9.17, 15) is 29.8 Å². The van der Waals surface area contributed by atoms with Crippen molar-refractivity contribution in [2.45, 2.75) is 52.0 Å². The number of carbonyl (C=O) groups is 2. The lowest BCUT2D eigenvalue weighted by Crippen LogP contribution is -2.54. The lowest BCUT2D eigenvalue weighted by atomic mass is 9.75. The van der Waals surface area contributed by atoms with Crippen LogP contribution >= 0.6 is 11.3 Å². The van der Waals surface area contributed by atoms with Gasteiger partial charge < -0.3 is 26.4 Å². The summed E-state index contributed by atoms with van der Waals surface area (Å²) in [6.45, 7) is 5.69. The molecule has 0 aliphatic heterocycles. The summed E-state index contributed by atoms with van der Waals surface area (Å²) >= 11 is 1.28. The van der Waals surface area contributed by atoms with Gasteiger partial charge in [-0.15, -0.1) is 11.3 Å². The second-order valence-corrected chi connectivity index (χ2v) is 8.66. The van der Waals surface area contributed by atoms with Gasteiger partial charge in [-0.2, -0.15) is 0 Å². The molecular formula is C17H29BN6O6S. The first kappa shape index (κ1) is 26.3. The Bertz CT molecular complexity index is 787. The molecule has 1 aromatic rings. The van der Waals surface area contributed by atoms with E-state index >= 15 is 0 Å². The van der Waals surface area contributed by atoms with E-state index in [0.29, 0.717) is 17.7 Å². The third-order valence-corrected chi connectivity index (χ3v) is 5.14. The fourth-order valence-electron chi connectivity index (χ4n) is 2.72. The molecule has 0 bridgehead atoms. The van der Waals surface area contributed by atoms with E-state index in [4.69, 9.17) is 5.73 Å².